The molecule has 0 aromatic heterocycles. The Balaban J connectivity index is 0.00000225. The van der Waals surface area contributed by atoms with E-state index in [2.05, 4.69) is 47.4 Å². The third kappa shape index (κ3) is 4.74. The van der Waals surface area contributed by atoms with Crippen molar-refractivity contribution in [3.8, 4) is 0 Å². The molecule has 2 N–H and O–H groups in total. The number of carbonyl (C=O) groups excluding carboxylic acids is 1. The maximum Gasteiger partial charge on any atom is 0.223 e. The first-order chi connectivity index (χ1) is 11.8. The number of carbonyl (C=O) groups is 1. The van der Waals surface area contributed by atoms with Gasteiger partial charge in [-0.25, -0.2) is 0 Å². The van der Waals surface area contributed by atoms with E-state index in [1.807, 2.05) is 0 Å². The molecular weight excluding hydrogens is 332 g/mol. The Morgan fingerprint density at radius 3 is 2.64 bits per heavy atom. The SMILES string of the molecule is Cl.NCCCCCCC(=O)N1CCCC1c1cccc2ccccc12. The van der Waals surface area contributed by atoms with Gasteiger partial charge in [0, 0.05) is 13.0 Å². The van der Waals surface area contributed by atoms with E-state index in [-0.39, 0.29) is 18.4 Å². The Bertz CT molecular complexity index is 683. The van der Waals surface area contributed by atoms with Crippen molar-refractivity contribution in [2.75, 3.05) is 13.1 Å². The van der Waals surface area contributed by atoms with Gasteiger partial charge in [0.25, 0.3) is 0 Å². The average Bonchev–Trinajstić information content (AvgIpc) is 3.10. The first-order valence-corrected chi connectivity index (χ1v) is 9.28. The van der Waals surface area contributed by atoms with E-state index in [1.54, 1.807) is 0 Å². The molecule has 2 aromatic carbocycles. The Labute approximate surface area is 157 Å². The van der Waals surface area contributed by atoms with Crippen LogP contribution in [0.5, 0.6) is 0 Å². The Hall–Kier alpha value is -1.58. The summed E-state index contributed by atoms with van der Waals surface area (Å²) >= 11 is 0. The minimum absolute atomic E-state index is 0. The zero-order valence-electron chi connectivity index (χ0n) is 14.8. The molecule has 1 amide bonds. The van der Waals surface area contributed by atoms with Crippen molar-refractivity contribution in [3.63, 3.8) is 0 Å². The summed E-state index contributed by atoms with van der Waals surface area (Å²) in [5, 5.41) is 2.55. The third-order valence-electron chi connectivity index (χ3n) is 5.10. The minimum atomic E-state index is 0. The maximum absolute atomic E-state index is 12.7. The fourth-order valence-electron chi connectivity index (χ4n) is 3.85. The smallest absolute Gasteiger partial charge is 0.223 e. The highest BCUT2D eigenvalue weighted by Crippen LogP contribution is 2.36. The van der Waals surface area contributed by atoms with Crippen molar-refractivity contribution in [1.29, 1.82) is 0 Å². The van der Waals surface area contributed by atoms with Gasteiger partial charge in [0.1, 0.15) is 0 Å². The lowest BCUT2D eigenvalue weighted by Gasteiger charge is -2.26. The number of benzene rings is 2. The van der Waals surface area contributed by atoms with Gasteiger partial charge in [0.2, 0.25) is 5.91 Å². The molecule has 2 aromatic rings. The van der Waals surface area contributed by atoms with E-state index < -0.39 is 0 Å². The van der Waals surface area contributed by atoms with Crippen LogP contribution in [-0.4, -0.2) is 23.9 Å². The van der Waals surface area contributed by atoms with E-state index in [9.17, 15) is 4.79 Å². The van der Waals surface area contributed by atoms with Crippen LogP contribution in [-0.2, 0) is 4.79 Å². The first-order valence-electron chi connectivity index (χ1n) is 9.28. The molecule has 25 heavy (non-hydrogen) atoms. The summed E-state index contributed by atoms with van der Waals surface area (Å²) in [5.74, 6) is 0.318. The van der Waals surface area contributed by atoms with Crippen LogP contribution in [0, 0.1) is 0 Å². The predicted octanol–water partition coefficient (Wildman–Crippen LogP) is 4.83. The van der Waals surface area contributed by atoms with Crippen LogP contribution in [0.1, 0.15) is 56.6 Å². The van der Waals surface area contributed by atoms with E-state index >= 15 is 0 Å². The fourth-order valence-corrected chi connectivity index (χ4v) is 3.85. The fraction of sp³-hybridized carbons (Fsp3) is 0.476. The van der Waals surface area contributed by atoms with Crippen molar-refractivity contribution in [3.05, 3.63) is 48.0 Å². The predicted molar refractivity (Wildman–Crippen MR) is 107 cm³/mol. The van der Waals surface area contributed by atoms with E-state index in [0.717, 1.165) is 51.6 Å². The minimum Gasteiger partial charge on any atom is -0.336 e. The van der Waals surface area contributed by atoms with E-state index in [0.29, 0.717) is 12.3 Å². The van der Waals surface area contributed by atoms with E-state index in [4.69, 9.17) is 5.73 Å². The lowest BCUT2D eigenvalue weighted by molar-refractivity contribution is -0.132. The molecule has 0 aliphatic carbocycles. The summed E-state index contributed by atoms with van der Waals surface area (Å²) in [5.41, 5.74) is 6.83. The molecule has 0 saturated carbocycles. The van der Waals surface area contributed by atoms with Crippen LogP contribution in [0.4, 0.5) is 0 Å². The van der Waals surface area contributed by atoms with Gasteiger partial charge in [-0.05, 0) is 48.6 Å². The number of fused-ring (bicyclic) bond motifs is 1. The second-order valence-corrected chi connectivity index (χ2v) is 6.77. The van der Waals surface area contributed by atoms with Crippen LogP contribution in [0.3, 0.4) is 0 Å². The van der Waals surface area contributed by atoms with Gasteiger partial charge in [-0.15, -0.1) is 12.4 Å². The molecule has 1 fully saturated rings. The number of halogens is 1. The topological polar surface area (TPSA) is 46.3 Å². The molecule has 1 atom stereocenters. The highest BCUT2D eigenvalue weighted by Gasteiger charge is 2.30. The third-order valence-corrected chi connectivity index (χ3v) is 5.10. The number of amides is 1. The molecule has 0 radical (unpaired) electrons. The van der Waals surface area contributed by atoms with Crippen LogP contribution in [0.15, 0.2) is 42.5 Å². The van der Waals surface area contributed by atoms with Gasteiger partial charge in [-0.2, -0.15) is 0 Å². The molecule has 136 valence electrons. The van der Waals surface area contributed by atoms with Gasteiger partial charge < -0.3 is 10.6 Å². The zero-order chi connectivity index (χ0) is 16.8. The summed E-state index contributed by atoms with van der Waals surface area (Å²) in [6, 6.07) is 15.2. The lowest BCUT2D eigenvalue weighted by atomic mass is 9.97. The molecule has 3 nitrogen and oxygen atoms in total. The Kier molecular flexibility index (Phi) is 7.73. The number of likely N-dealkylation sites (tertiary alicyclic amines) is 1. The Morgan fingerprint density at radius 2 is 1.80 bits per heavy atom. The van der Waals surface area contributed by atoms with Crippen molar-refractivity contribution < 1.29 is 4.79 Å². The summed E-state index contributed by atoms with van der Waals surface area (Å²) in [6.45, 7) is 1.65. The van der Waals surface area contributed by atoms with Crippen molar-refractivity contribution in [2.45, 2.75) is 51.0 Å². The molecule has 0 spiro atoms. The number of hydrogen-bond donors (Lipinski definition) is 1. The molecule has 1 aliphatic heterocycles. The van der Waals surface area contributed by atoms with Gasteiger partial charge in [-0.3, -0.25) is 4.79 Å². The van der Waals surface area contributed by atoms with Crippen LogP contribution in [0.25, 0.3) is 10.8 Å². The summed E-state index contributed by atoms with van der Waals surface area (Å²) < 4.78 is 0. The molecule has 4 heteroatoms. The number of nitrogens with two attached hydrogens (primary N) is 1. The monoisotopic (exact) mass is 360 g/mol. The lowest BCUT2D eigenvalue weighted by Crippen LogP contribution is -2.30. The highest BCUT2D eigenvalue weighted by molar-refractivity contribution is 5.87. The van der Waals surface area contributed by atoms with Gasteiger partial charge >= 0.3 is 0 Å². The molecule has 1 aliphatic rings. The van der Waals surface area contributed by atoms with E-state index in [1.165, 1.54) is 16.3 Å². The van der Waals surface area contributed by atoms with Crippen molar-refractivity contribution in [1.82, 2.24) is 4.90 Å². The second kappa shape index (κ2) is 9.79. The molecule has 1 saturated heterocycles. The van der Waals surface area contributed by atoms with Crippen molar-refractivity contribution in [2.24, 2.45) is 5.73 Å². The highest BCUT2D eigenvalue weighted by atomic mass is 35.5. The summed E-state index contributed by atoms with van der Waals surface area (Å²) in [6.07, 6.45) is 7.14. The number of nitrogens with zero attached hydrogens (tertiary/aromatic N) is 1. The second-order valence-electron chi connectivity index (χ2n) is 6.77. The summed E-state index contributed by atoms with van der Waals surface area (Å²) in [4.78, 5) is 14.8. The maximum atomic E-state index is 12.7. The summed E-state index contributed by atoms with van der Waals surface area (Å²) in [7, 11) is 0. The Morgan fingerprint density at radius 1 is 1.04 bits per heavy atom. The van der Waals surface area contributed by atoms with Crippen LogP contribution >= 0.6 is 12.4 Å². The number of hydrogen-bond acceptors (Lipinski definition) is 2. The molecule has 3 rings (SSSR count). The zero-order valence-corrected chi connectivity index (χ0v) is 15.6. The number of unbranched alkanes of at least 4 members (excludes halogenated alkanes) is 3. The standard InChI is InChI=1S/C21H28N2O.ClH/c22-15-6-2-1-3-14-21(24)23-16-8-13-20(23)19-12-7-10-17-9-4-5-11-18(17)19;/h4-5,7,9-12,20H,1-3,6,8,13-16,22H2;1H. The molecule has 1 unspecified atom stereocenters. The van der Waals surface area contributed by atoms with Gasteiger partial charge in [0.05, 0.1) is 6.04 Å². The van der Waals surface area contributed by atoms with Crippen LogP contribution in [0.2, 0.25) is 0 Å². The van der Waals surface area contributed by atoms with Gasteiger partial charge in [0.15, 0.2) is 0 Å². The number of rotatable bonds is 7. The largest absolute Gasteiger partial charge is 0.336 e. The quantitative estimate of drug-likeness (QED) is 0.718. The van der Waals surface area contributed by atoms with Crippen molar-refractivity contribution >= 4 is 29.1 Å². The van der Waals surface area contributed by atoms with Crippen LogP contribution < -0.4 is 5.73 Å². The van der Waals surface area contributed by atoms with Gasteiger partial charge in [-0.1, -0.05) is 55.3 Å². The molecule has 1 heterocycles. The average molecular weight is 361 g/mol. The normalized spacial score (nSPS) is 16.8. The molecule has 0 bridgehead atoms. The first kappa shape index (κ1) is 19.7. The molecular formula is C21H29ClN2O.